The minimum atomic E-state index is 0. The van der Waals surface area contributed by atoms with Crippen molar-refractivity contribution in [3.63, 3.8) is 0 Å². The number of hydrogen-bond acceptors (Lipinski definition) is 0. The van der Waals surface area contributed by atoms with Crippen molar-refractivity contribution in [1.29, 1.82) is 0 Å². The Morgan fingerprint density at radius 2 is 0.333 bits per heavy atom. The number of rotatable bonds is 0. The molecule has 40 valence electrons. The average Bonchev–Trinajstić information content (AvgIpc) is 0. The first-order valence-electron chi connectivity index (χ1n) is 0. The molecule has 0 radical (unpaired) electrons. The van der Waals surface area contributed by atoms with Crippen LogP contribution in [0.3, 0.4) is 0 Å². The van der Waals surface area contributed by atoms with Gasteiger partial charge in [-0.15, -0.1) is 0 Å². The van der Waals surface area contributed by atoms with Crippen LogP contribution in [0, 0.1) is 0 Å². The van der Waals surface area contributed by atoms with E-state index in [2.05, 4.69) is 0 Å². The zero-order valence-corrected chi connectivity index (χ0v) is 22.4. The second kappa shape index (κ2) is 64.6. The maximum Gasteiger partial charge on any atom is 3.00 e. The predicted octanol–water partition coefficient (Wildman–Crippen LogP) is -1.54. The van der Waals surface area contributed by atoms with Gasteiger partial charge in [0.25, 0.3) is 0 Å². The van der Waals surface area contributed by atoms with Gasteiger partial charge in [-0.2, -0.15) is 0 Å². The van der Waals surface area contributed by atoms with Crippen LogP contribution < -0.4 is 0 Å². The van der Waals surface area contributed by atoms with E-state index in [1.165, 1.54) is 0 Å². The van der Waals surface area contributed by atoms with E-state index in [0.717, 1.165) is 0 Å². The fourth-order valence-corrected chi connectivity index (χ4v) is 0. The van der Waals surface area contributed by atoms with Gasteiger partial charge in [-0.25, -0.2) is 0 Å². The van der Waals surface area contributed by atoms with Crippen LogP contribution in [0.15, 0.2) is 0 Å². The molecule has 0 unspecified atom stereocenters. The molecule has 0 aliphatic rings. The van der Waals surface area contributed by atoms with Gasteiger partial charge >= 0.3 is 137 Å². The Hall–Kier alpha value is 6.17. The molecule has 0 heterocycles. The predicted molar refractivity (Wildman–Crippen MR) is 59.8 cm³/mol. The van der Waals surface area contributed by atoms with Crippen LogP contribution in [0.4, 0.5) is 0 Å². The van der Waals surface area contributed by atoms with Gasteiger partial charge in [0.15, 0.2) is 0 Å². The van der Waals surface area contributed by atoms with Gasteiger partial charge in [-0.1, -0.05) is 0 Å². The van der Waals surface area contributed by atoms with Crippen molar-refractivity contribution >= 4 is 205 Å². The van der Waals surface area contributed by atoms with E-state index in [1.807, 2.05) is 0 Å². The largest absolute Gasteiger partial charge is 3.00 e. The Balaban J connectivity index is 0. The van der Waals surface area contributed by atoms with E-state index in [0.29, 0.717) is 0 Å². The smallest absolute Gasteiger partial charge is 2.00 e. The van der Waals surface area contributed by atoms with Crippen LogP contribution in [0.1, 0.15) is 0 Å². The summed E-state index contributed by atoms with van der Waals surface area (Å²) in [5.74, 6) is 0. The molecule has 0 rings (SSSR count). The van der Waals surface area contributed by atoms with E-state index in [9.17, 15) is 0 Å². The second-order valence-electron chi connectivity index (χ2n) is 0. The average molecular weight is 574 g/mol. The van der Waals surface area contributed by atoms with Crippen molar-refractivity contribution < 1.29 is 0 Å². The van der Waals surface area contributed by atoms with Crippen LogP contribution in [0.25, 0.3) is 0 Å². The first-order valence-corrected chi connectivity index (χ1v) is 0. The van der Waals surface area contributed by atoms with E-state index in [1.54, 1.807) is 0 Å². The molecule has 0 aromatic carbocycles. The molecule has 0 saturated heterocycles. The van der Waals surface area contributed by atoms with Gasteiger partial charge in [0, 0.05) is 0 Å². The van der Waals surface area contributed by atoms with Crippen molar-refractivity contribution in [1.82, 2.24) is 0 Å². The quantitative estimate of drug-likeness (QED) is 0.308. The minimum Gasteiger partial charge on any atom is -2.00 e. The molecule has 0 amide bonds. The van der Waals surface area contributed by atoms with Crippen molar-refractivity contribution in [2.24, 2.45) is 0 Å². The molecule has 0 N–H and O–H groups in total. The molecule has 9 heavy (non-hydrogen) atoms. The Morgan fingerprint density at radius 1 is 0.333 bits per heavy atom. The summed E-state index contributed by atoms with van der Waals surface area (Å²) in [5.41, 5.74) is 0. The SMILES string of the molecule is [Ba+2].[Ba+2].[Ga+3].[Ga+3].[S-2].[S-2].[S-2].[S-2].[S-2]. The van der Waals surface area contributed by atoms with Gasteiger partial charge in [0.05, 0.1) is 0 Å². The standard InChI is InChI=1S/2Ba.2Ga.5S/q2*+2;2*+3;5*-2. The summed E-state index contributed by atoms with van der Waals surface area (Å²) >= 11 is 0. The van der Waals surface area contributed by atoms with E-state index >= 15 is 0 Å². The first-order chi connectivity index (χ1) is 0. The maximum atomic E-state index is 0. The van der Waals surface area contributed by atoms with Crippen molar-refractivity contribution in [3.05, 3.63) is 0 Å². The number of hydrogen-bond donors (Lipinski definition) is 0. The van der Waals surface area contributed by atoms with Gasteiger partial charge in [0.2, 0.25) is 0 Å². The molecule has 0 atom stereocenters. The molecular formula is Ba2Ga2S5. The molecule has 0 fully saturated rings. The fourth-order valence-electron chi connectivity index (χ4n) is 0. The summed E-state index contributed by atoms with van der Waals surface area (Å²) < 4.78 is 0. The normalized spacial score (nSPS) is 0. The Labute approximate surface area is 199 Å². The third-order valence-corrected chi connectivity index (χ3v) is 0. The molecule has 0 bridgehead atoms. The van der Waals surface area contributed by atoms with Crippen molar-refractivity contribution in [2.75, 3.05) is 0 Å². The Morgan fingerprint density at radius 3 is 0.333 bits per heavy atom. The molecule has 0 aliphatic heterocycles. The van der Waals surface area contributed by atoms with Crippen LogP contribution in [-0.4, -0.2) is 137 Å². The molecule has 0 aromatic rings. The molecule has 0 aliphatic carbocycles. The topological polar surface area (TPSA) is 0 Å². The van der Waals surface area contributed by atoms with Gasteiger partial charge in [0.1, 0.15) is 0 Å². The summed E-state index contributed by atoms with van der Waals surface area (Å²) in [4.78, 5) is 0. The van der Waals surface area contributed by atoms with Crippen LogP contribution >= 0.6 is 0 Å². The summed E-state index contributed by atoms with van der Waals surface area (Å²) in [6, 6.07) is 0. The molecule has 0 nitrogen and oxygen atoms in total. The monoisotopic (exact) mass is 574 g/mol. The van der Waals surface area contributed by atoms with E-state index in [-0.39, 0.29) is 205 Å². The minimum absolute atomic E-state index is 0. The Bertz CT molecular complexity index is 12.9. The maximum absolute atomic E-state index is 0. The van der Waals surface area contributed by atoms with Gasteiger partial charge in [-0.05, 0) is 0 Å². The first kappa shape index (κ1) is 80.1. The van der Waals surface area contributed by atoms with E-state index in [4.69, 9.17) is 0 Å². The van der Waals surface area contributed by atoms with Gasteiger partial charge in [-0.3, -0.25) is 0 Å². The van der Waals surface area contributed by atoms with Gasteiger partial charge < -0.3 is 67.5 Å². The zero-order valence-electron chi connectivity index (χ0n) is 4.61. The molecular weight excluding hydrogens is 574 g/mol. The van der Waals surface area contributed by atoms with E-state index < -0.39 is 0 Å². The molecule has 0 saturated carbocycles. The third kappa shape index (κ3) is 55.2. The zero-order chi connectivity index (χ0) is 0. The summed E-state index contributed by atoms with van der Waals surface area (Å²) in [5, 5.41) is 0. The second-order valence-corrected chi connectivity index (χ2v) is 0. The molecule has 9 heteroatoms. The summed E-state index contributed by atoms with van der Waals surface area (Å²) in [6.45, 7) is 0. The van der Waals surface area contributed by atoms with Crippen LogP contribution in [0.5, 0.6) is 0 Å². The van der Waals surface area contributed by atoms with Crippen molar-refractivity contribution in [3.8, 4) is 0 Å². The summed E-state index contributed by atoms with van der Waals surface area (Å²) in [6.07, 6.45) is 0. The van der Waals surface area contributed by atoms with Crippen LogP contribution in [0.2, 0.25) is 0 Å². The van der Waals surface area contributed by atoms with Crippen molar-refractivity contribution in [2.45, 2.75) is 0 Å². The third-order valence-electron chi connectivity index (χ3n) is 0. The fraction of sp³-hybridized carbons (Fsp3) is 0. The molecule has 0 spiro atoms. The Kier molecular flexibility index (Phi) is 575. The summed E-state index contributed by atoms with van der Waals surface area (Å²) in [7, 11) is 0. The molecule has 0 aromatic heterocycles. The van der Waals surface area contributed by atoms with Crippen LogP contribution in [-0.2, 0) is 67.5 Å².